The van der Waals surface area contributed by atoms with E-state index in [2.05, 4.69) is 25.6 Å². The topological polar surface area (TPSA) is 128 Å². The maximum absolute atomic E-state index is 12.8. The minimum absolute atomic E-state index is 0.0479. The van der Waals surface area contributed by atoms with Crippen LogP contribution in [0.5, 0.6) is 6.01 Å². The molecule has 2 aliphatic rings. The van der Waals surface area contributed by atoms with Crippen molar-refractivity contribution in [3.8, 4) is 6.01 Å². The van der Waals surface area contributed by atoms with E-state index in [1.54, 1.807) is 20.8 Å². The first-order chi connectivity index (χ1) is 19.4. The highest BCUT2D eigenvalue weighted by molar-refractivity contribution is 5.90. The SMILES string of the molecule is CC(C)(C)OC(=O)N1CCCCCCCCCCNc2nc(nc(OCC(F)(F)F)n2)Nc2ccc(cc2)C(=O)O1. The Kier molecular flexibility index (Phi) is 11.4. The van der Waals surface area contributed by atoms with Gasteiger partial charge >= 0.3 is 24.2 Å². The lowest BCUT2D eigenvalue weighted by molar-refractivity contribution is -0.154. The molecule has 0 spiro atoms. The summed E-state index contributed by atoms with van der Waals surface area (Å²) in [6.45, 7) is 4.37. The molecule has 4 bridgehead atoms. The van der Waals surface area contributed by atoms with Crippen LogP contribution in [0.25, 0.3) is 0 Å². The lowest BCUT2D eigenvalue weighted by atomic mass is 10.1. The maximum Gasteiger partial charge on any atom is 0.443 e. The summed E-state index contributed by atoms with van der Waals surface area (Å²) < 4.78 is 48.2. The van der Waals surface area contributed by atoms with Crippen molar-refractivity contribution in [3.05, 3.63) is 29.8 Å². The molecule has 14 heteroatoms. The van der Waals surface area contributed by atoms with E-state index in [4.69, 9.17) is 14.3 Å². The van der Waals surface area contributed by atoms with Gasteiger partial charge in [0.15, 0.2) is 6.61 Å². The molecule has 0 saturated carbocycles. The predicted molar refractivity (Wildman–Crippen MR) is 145 cm³/mol. The Bertz CT molecular complexity index is 1140. The molecule has 41 heavy (non-hydrogen) atoms. The molecule has 11 nitrogen and oxygen atoms in total. The first-order valence-electron chi connectivity index (χ1n) is 13.7. The molecule has 0 fully saturated rings. The van der Waals surface area contributed by atoms with Crippen molar-refractivity contribution in [2.45, 2.75) is 83.9 Å². The van der Waals surface area contributed by atoms with Gasteiger partial charge in [0.2, 0.25) is 11.9 Å². The zero-order valence-corrected chi connectivity index (χ0v) is 23.6. The van der Waals surface area contributed by atoms with Gasteiger partial charge in [-0.25, -0.2) is 9.59 Å². The number of halogens is 3. The Balaban J connectivity index is 1.80. The largest absolute Gasteiger partial charge is 0.454 e. The smallest absolute Gasteiger partial charge is 0.443 e. The number of fused-ring (bicyclic) bond motifs is 15. The number of aromatic nitrogens is 3. The van der Waals surface area contributed by atoms with Crippen LogP contribution in [0.3, 0.4) is 0 Å². The molecular formula is C27H37F3N6O5. The van der Waals surface area contributed by atoms with Crippen LogP contribution in [0.15, 0.2) is 24.3 Å². The van der Waals surface area contributed by atoms with Crippen molar-refractivity contribution >= 4 is 29.6 Å². The molecule has 4 rings (SSSR count). The van der Waals surface area contributed by atoms with Crippen molar-refractivity contribution in [1.29, 1.82) is 0 Å². The van der Waals surface area contributed by atoms with E-state index in [9.17, 15) is 22.8 Å². The van der Waals surface area contributed by atoms with Gasteiger partial charge in [-0.05, 0) is 57.9 Å². The number of nitrogens with one attached hydrogen (secondary N) is 2. The average molecular weight is 583 g/mol. The van der Waals surface area contributed by atoms with Gasteiger partial charge in [-0.2, -0.15) is 28.1 Å². The maximum atomic E-state index is 12.8. The number of carbonyl (C=O) groups excluding carboxylic acids is 2. The monoisotopic (exact) mass is 582 g/mol. The summed E-state index contributed by atoms with van der Waals surface area (Å²) in [5.74, 6) is -0.725. The van der Waals surface area contributed by atoms with Gasteiger partial charge in [0.1, 0.15) is 5.60 Å². The summed E-state index contributed by atoms with van der Waals surface area (Å²) in [5.41, 5.74) is -0.162. The van der Waals surface area contributed by atoms with Crippen LogP contribution < -0.4 is 15.4 Å². The van der Waals surface area contributed by atoms with E-state index in [0.717, 1.165) is 50.0 Å². The van der Waals surface area contributed by atoms with Gasteiger partial charge in [0, 0.05) is 12.2 Å². The zero-order chi connectivity index (χ0) is 29.9. The Labute approximate surface area is 237 Å². The standard InChI is InChI=1S/C27H37F3N6O5/c1-26(2,3)40-25(38)36-17-11-9-7-5-4-6-8-10-16-31-22-33-23(35-24(34-22)39-18-27(28,29)30)32-20-14-12-19(13-15-20)21(37)41-36/h12-15H,4-11,16-18H2,1-3H3,(H2,31,32,33,34,35). The number of rotatable bonds is 2. The number of nitrogens with zero attached hydrogens (tertiary/aromatic N) is 4. The van der Waals surface area contributed by atoms with Crippen LogP contribution >= 0.6 is 0 Å². The lowest BCUT2D eigenvalue weighted by Gasteiger charge is -2.26. The van der Waals surface area contributed by atoms with Crippen LogP contribution in [0.2, 0.25) is 0 Å². The molecular weight excluding hydrogens is 545 g/mol. The average Bonchev–Trinajstić information content (AvgIpc) is 2.88. The number of alkyl halides is 3. The molecule has 0 saturated heterocycles. The minimum atomic E-state index is -4.56. The third-order valence-electron chi connectivity index (χ3n) is 5.72. The van der Waals surface area contributed by atoms with Crippen molar-refractivity contribution in [3.63, 3.8) is 0 Å². The molecule has 1 aromatic carbocycles. The number of ether oxygens (including phenoxy) is 2. The summed E-state index contributed by atoms with van der Waals surface area (Å²) in [6, 6.07) is 5.51. The molecule has 0 radical (unpaired) electrons. The van der Waals surface area contributed by atoms with E-state index in [1.807, 2.05) is 0 Å². The van der Waals surface area contributed by atoms with Crippen molar-refractivity contribution in [2.75, 3.05) is 30.3 Å². The molecule has 1 aromatic heterocycles. The Morgan fingerprint density at radius 2 is 1.54 bits per heavy atom. The number of hydroxylamine groups is 2. The minimum Gasteiger partial charge on any atom is -0.454 e. The van der Waals surface area contributed by atoms with Gasteiger partial charge < -0.3 is 24.9 Å². The summed E-state index contributed by atoms with van der Waals surface area (Å²) >= 11 is 0. The second kappa shape index (κ2) is 14.7. The van der Waals surface area contributed by atoms with Crippen molar-refractivity contribution < 1.29 is 37.1 Å². The molecule has 2 aliphatic heterocycles. The highest BCUT2D eigenvalue weighted by atomic mass is 19.4. The molecule has 3 heterocycles. The van der Waals surface area contributed by atoms with Crippen molar-refractivity contribution in [2.24, 2.45) is 0 Å². The quantitative estimate of drug-likeness (QED) is 0.410. The second-order valence-electron chi connectivity index (χ2n) is 10.6. The number of carbonyl (C=O) groups is 2. The van der Waals surface area contributed by atoms with E-state index < -0.39 is 36.5 Å². The highest BCUT2D eigenvalue weighted by Gasteiger charge is 2.29. The van der Waals surface area contributed by atoms with E-state index >= 15 is 0 Å². The fraction of sp³-hybridized carbons (Fsp3) is 0.593. The van der Waals surface area contributed by atoms with Gasteiger partial charge in [-0.3, -0.25) is 0 Å². The van der Waals surface area contributed by atoms with Crippen molar-refractivity contribution in [1.82, 2.24) is 20.0 Å². The lowest BCUT2D eigenvalue weighted by Crippen LogP contribution is -2.39. The van der Waals surface area contributed by atoms with Crippen LogP contribution in [0.1, 0.15) is 82.5 Å². The number of anilines is 3. The normalized spacial score (nSPS) is 16.3. The molecule has 0 unspecified atom stereocenters. The second-order valence-corrected chi connectivity index (χ2v) is 10.6. The Morgan fingerprint density at radius 1 is 0.927 bits per heavy atom. The third kappa shape index (κ3) is 12.1. The summed E-state index contributed by atoms with van der Waals surface area (Å²) in [4.78, 5) is 43.1. The molecule has 2 aromatic rings. The summed E-state index contributed by atoms with van der Waals surface area (Å²) in [6.07, 6.45) is 2.03. The fourth-order valence-corrected chi connectivity index (χ4v) is 3.80. The zero-order valence-electron chi connectivity index (χ0n) is 23.6. The van der Waals surface area contributed by atoms with Gasteiger partial charge in [-0.1, -0.05) is 38.5 Å². The van der Waals surface area contributed by atoms with Crippen LogP contribution in [0.4, 0.5) is 35.5 Å². The fourth-order valence-electron chi connectivity index (χ4n) is 3.80. The first kappa shape index (κ1) is 31.7. The third-order valence-corrected chi connectivity index (χ3v) is 5.72. The van der Waals surface area contributed by atoms with Gasteiger partial charge in [0.25, 0.3) is 0 Å². The van der Waals surface area contributed by atoms with Gasteiger partial charge in [-0.15, -0.1) is 5.06 Å². The molecule has 1 amide bonds. The molecule has 0 aliphatic carbocycles. The molecule has 226 valence electrons. The Morgan fingerprint density at radius 3 is 2.17 bits per heavy atom. The Hall–Kier alpha value is -3.84. The molecule has 2 N–H and O–H groups in total. The number of hydrogen-bond acceptors (Lipinski definition) is 10. The predicted octanol–water partition coefficient (Wildman–Crippen LogP) is 6.41. The number of hydrogen-bond donors (Lipinski definition) is 2. The van der Waals surface area contributed by atoms with Crippen LogP contribution in [0, 0.1) is 0 Å². The summed E-state index contributed by atoms with van der Waals surface area (Å²) in [7, 11) is 0. The van der Waals surface area contributed by atoms with Crippen LogP contribution in [-0.2, 0) is 9.57 Å². The van der Waals surface area contributed by atoms with E-state index in [-0.39, 0.29) is 24.0 Å². The molecule has 0 atom stereocenters. The number of benzene rings is 1. The summed E-state index contributed by atoms with van der Waals surface area (Å²) in [5, 5.41) is 6.85. The number of amides is 1. The first-order valence-corrected chi connectivity index (χ1v) is 13.7. The highest BCUT2D eigenvalue weighted by Crippen LogP contribution is 2.21. The van der Waals surface area contributed by atoms with Gasteiger partial charge in [0.05, 0.1) is 12.1 Å². The van der Waals surface area contributed by atoms with Crippen LogP contribution in [-0.4, -0.2) is 63.6 Å². The van der Waals surface area contributed by atoms with E-state index in [0.29, 0.717) is 18.7 Å². The van der Waals surface area contributed by atoms with E-state index in [1.165, 1.54) is 24.3 Å².